The lowest BCUT2D eigenvalue weighted by Crippen LogP contribution is -2.32. The van der Waals surface area contributed by atoms with Gasteiger partial charge in [-0.25, -0.2) is 0 Å². The van der Waals surface area contributed by atoms with Crippen molar-refractivity contribution in [3.8, 4) is 0 Å². The maximum Gasteiger partial charge on any atom is 0.310 e. The lowest BCUT2D eigenvalue weighted by Gasteiger charge is -2.28. The van der Waals surface area contributed by atoms with Crippen molar-refractivity contribution in [2.45, 2.75) is 39.5 Å². The van der Waals surface area contributed by atoms with Crippen molar-refractivity contribution in [2.24, 2.45) is 0 Å². The van der Waals surface area contributed by atoms with E-state index in [2.05, 4.69) is 4.90 Å². The molecule has 18 heavy (non-hydrogen) atoms. The Morgan fingerprint density at radius 1 is 1.39 bits per heavy atom. The lowest BCUT2D eigenvalue weighted by molar-refractivity contribution is -0.142. The van der Waals surface area contributed by atoms with Crippen LogP contribution < -0.4 is 0 Å². The van der Waals surface area contributed by atoms with Crippen LogP contribution in [0, 0.1) is 0 Å². The molecule has 1 aliphatic rings. The summed E-state index contributed by atoms with van der Waals surface area (Å²) in [4.78, 5) is 14.6. The number of piperidine rings is 1. The highest BCUT2D eigenvalue weighted by atomic mass is 32.2. The number of hydrogen-bond acceptors (Lipinski definition) is 4. The summed E-state index contributed by atoms with van der Waals surface area (Å²) in [5, 5.41) is 0. The van der Waals surface area contributed by atoms with Crippen LogP contribution >= 0.6 is 24.0 Å². The summed E-state index contributed by atoms with van der Waals surface area (Å²) >= 11 is 6.95. The van der Waals surface area contributed by atoms with E-state index >= 15 is 0 Å². The van der Waals surface area contributed by atoms with Crippen molar-refractivity contribution >= 4 is 34.3 Å². The van der Waals surface area contributed by atoms with Gasteiger partial charge in [0.15, 0.2) is 0 Å². The van der Waals surface area contributed by atoms with Gasteiger partial charge in [0.1, 0.15) is 4.32 Å². The van der Waals surface area contributed by atoms with Crippen molar-refractivity contribution < 1.29 is 9.53 Å². The van der Waals surface area contributed by atoms with Crippen molar-refractivity contribution in [3.05, 3.63) is 11.0 Å². The number of allylic oxidation sites excluding steroid dienone is 1. The van der Waals surface area contributed by atoms with Crippen molar-refractivity contribution in [2.75, 3.05) is 19.7 Å². The van der Waals surface area contributed by atoms with Crippen molar-refractivity contribution in [1.29, 1.82) is 0 Å². The zero-order valence-electron chi connectivity index (χ0n) is 11.1. The van der Waals surface area contributed by atoms with E-state index in [1.807, 2.05) is 19.9 Å². The average Bonchev–Trinajstić information content (AvgIpc) is 2.39. The number of carbonyl (C=O) groups excluding carboxylic acids is 1. The zero-order chi connectivity index (χ0) is 13.4. The molecule has 1 heterocycles. The molecular weight excluding hydrogens is 266 g/mol. The molecule has 0 aromatic carbocycles. The van der Waals surface area contributed by atoms with Gasteiger partial charge in [-0.15, -0.1) is 0 Å². The fourth-order valence-corrected chi connectivity index (χ4v) is 3.15. The highest BCUT2D eigenvalue weighted by Gasteiger charge is 2.16. The largest absolute Gasteiger partial charge is 0.466 e. The second-order valence-corrected chi connectivity index (χ2v) is 5.91. The van der Waals surface area contributed by atoms with E-state index < -0.39 is 0 Å². The molecule has 0 aromatic rings. The molecule has 0 amide bonds. The molecular formula is C13H21NO2S2. The summed E-state index contributed by atoms with van der Waals surface area (Å²) in [6, 6.07) is 0. The van der Waals surface area contributed by atoms with Gasteiger partial charge in [0.25, 0.3) is 0 Å². The van der Waals surface area contributed by atoms with Crippen LogP contribution in [-0.2, 0) is 9.53 Å². The van der Waals surface area contributed by atoms with Crippen LogP contribution in [-0.4, -0.2) is 34.9 Å². The molecule has 3 nitrogen and oxygen atoms in total. The topological polar surface area (TPSA) is 29.5 Å². The van der Waals surface area contributed by atoms with Gasteiger partial charge in [-0.05, 0) is 38.0 Å². The van der Waals surface area contributed by atoms with Crippen molar-refractivity contribution in [3.63, 3.8) is 0 Å². The number of ether oxygens (including phenoxy) is 1. The lowest BCUT2D eigenvalue weighted by atomic mass is 10.1. The minimum absolute atomic E-state index is 0.181. The monoisotopic (exact) mass is 287 g/mol. The van der Waals surface area contributed by atoms with Gasteiger partial charge in [-0.3, -0.25) is 4.79 Å². The molecule has 1 rings (SSSR count). The van der Waals surface area contributed by atoms with Gasteiger partial charge in [-0.2, -0.15) is 0 Å². The van der Waals surface area contributed by atoms with Crippen molar-refractivity contribution in [1.82, 2.24) is 4.90 Å². The number of carbonyl (C=O) groups is 1. The Labute approximate surface area is 119 Å². The van der Waals surface area contributed by atoms with Crippen LogP contribution in [0.15, 0.2) is 11.0 Å². The average molecular weight is 287 g/mol. The van der Waals surface area contributed by atoms with E-state index in [1.165, 1.54) is 31.0 Å². The minimum atomic E-state index is -0.181. The summed E-state index contributed by atoms with van der Waals surface area (Å²) < 4.78 is 5.83. The fourth-order valence-electron chi connectivity index (χ4n) is 1.80. The molecule has 5 heteroatoms. The third-order valence-electron chi connectivity index (χ3n) is 2.78. The Balaban J connectivity index is 2.42. The first kappa shape index (κ1) is 15.5. The first-order valence-corrected chi connectivity index (χ1v) is 7.67. The van der Waals surface area contributed by atoms with E-state index in [-0.39, 0.29) is 5.97 Å². The summed E-state index contributed by atoms with van der Waals surface area (Å²) in [5.74, 6) is -0.181. The fraction of sp³-hybridized carbons (Fsp3) is 0.692. The van der Waals surface area contributed by atoms with E-state index in [0.717, 1.165) is 22.3 Å². The first-order valence-electron chi connectivity index (χ1n) is 6.45. The standard InChI is InChI=1S/C13H21NO2S2/c1-3-11(10-12(15)16-4-2)18-13(17)14-8-6-5-7-9-14/h3H,4-10H2,1-2H3/b11-3+. The molecule has 0 spiro atoms. The van der Waals surface area contributed by atoms with Gasteiger partial charge in [0.2, 0.25) is 0 Å². The number of thiocarbonyl (C=S) groups is 1. The molecule has 0 bridgehead atoms. The normalized spacial score (nSPS) is 16.6. The second kappa shape index (κ2) is 8.53. The Morgan fingerprint density at radius 3 is 2.61 bits per heavy atom. The molecule has 0 N–H and O–H groups in total. The highest BCUT2D eigenvalue weighted by molar-refractivity contribution is 8.25. The Bertz CT molecular complexity index is 323. The zero-order valence-corrected chi connectivity index (χ0v) is 12.7. The summed E-state index contributed by atoms with van der Waals surface area (Å²) in [6.45, 7) is 6.26. The number of likely N-dealkylation sites (tertiary alicyclic amines) is 1. The van der Waals surface area contributed by atoms with Gasteiger partial charge < -0.3 is 9.64 Å². The second-order valence-electron chi connectivity index (χ2n) is 4.15. The SMILES string of the molecule is C/C=C(\CC(=O)OCC)SC(=S)N1CCCCC1. The van der Waals surface area contributed by atoms with E-state index in [9.17, 15) is 4.79 Å². The third-order valence-corrected chi connectivity index (χ3v) is 4.36. The Hall–Kier alpha value is -0.550. The van der Waals surface area contributed by atoms with Crippen LogP contribution in [0.1, 0.15) is 39.5 Å². The summed E-state index contributed by atoms with van der Waals surface area (Å²) in [7, 11) is 0. The molecule has 102 valence electrons. The van der Waals surface area contributed by atoms with E-state index in [4.69, 9.17) is 17.0 Å². The number of esters is 1. The number of rotatable bonds is 4. The van der Waals surface area contributed by atoms with Crippen LogP contribution in [0.3, 0.4) is 0 Å². The molecule has 1 saturated heterocycles. The first-order chi connectivity index (χ1) is 8.67. The number of thioether (sulfide) groups is 1. The van der Waals surface area contributed by atoms with Crippen LogP contribution in [0.25, 0.3) is 0 Å². The quantitative estimate of drug-likeness (QED) is 0.584. The predicted octanol–water partition coefficient (Wildman–Crippen LogP) is 3.35. The number of nitrogens with zero attached hydrogens (tertiary/aromatic N) is 1. The molecule has 0 aliphatic carbocycles. The van der Waals surface area contributed by atoms with Crippen LogP contribution in [0.4, 0.5) is 0 Å². The molecule has 1 aliphatic heterocycles. The van der Waals surface area contributed by atoms with E-state index in [1.54, 1.807) is 0 Å². The van der Waals surface area contributed by atoms with Gasteiger partial charge in [0, 0.05) is 13.1 Å². The van der Waals surface area contributed by atoms with Gasteiger partial charge in [0.05, 0.1) is 13.0 Å². The Kier molecular flexibility index (Phi) is 7.35. The minimum Gasteiger partial charge on any atom is -0.466 e. The maximum absolute atomic E-state index is 11.4. The van der Waals surface area contributed by atoms with Gasteiger partial charge >= 0.3 is 5.97 Å². The molecule has 0 radical (unpaired) electrons. The summed E-state index contributed by atoms with van der Waals surface area (Å²) in [6.07, 6.45) is 5.98. The van der Waals surface area contributed by atoms with Crippen LogP contribution in [0.5, 0.6) is 0 Å². The molecule has 0 unspecified atom stereocenters. The van der Waals surface area contributed by atoms with Crippen LogP contribution in [0.2, 0.25) is 0 Å². The van der Waals surface area contributed by atoms with Gasteiger partial charge in [-0.1, -0.05) is 30.1 Å². The number of hydrogen-bond donors (Lipinski definition) is 0. The third kappa shape index (κ3) is 5.40. The Morgan fingerprint density at radius 2 is 2.06 bits per heavy atom. The summed E-state index contributed by atoms with van der Waals surface area (Å²) in [5.41, 5.74) is 0. The highest BCUT2D eigenvalue weighted by Crippen LogP contribution is 2.25. The molecule has 1 fully saturated rings. The smallest absolute Gasteiger partial charge is 0.310 e. The van der Waals surface area contributed by atoms with E-state index in [0.29, 0.717) is 13.0 Å². The molecule has 0 aromatic heterocycles. The maximum atomic E-state index is 11.4. The molecule has 0 saturated carbocycles. The predicted molar refractivity (Wildman–Crippen MR) is 80.6 cm³/mol. The molecule has 0 atom stereocenters.